The molecule has 0 unspecified atom stereocenters. The van der Waals surface area contributed by atoms with Crippen LogP contribution in [0.3, 0.4) is 0 Å². The number of hydrogen-bond donors (Lipinski definition) is 2. The number of rotatable bonds is 3. The SMILES string of the molecule is C=CC(=O)O.C=CC(=O)O.Cc1ccccc1-c1ccccc1. The lowest BCUT2D eigenvalue weighted by Crippen LogP contribution is -1.82. The Labute approximate surface area is 136 Å². The molecule has 0 aliphatic heterocycles. The number of benzene rings is 2. The van der Waals surface area contributed by atoms with Gasteiger partial charge in [-0.2, -0.15) is 0 Å². The third kappa shape index (κ3) is 9.42. The number of carboxylic acid groups (broad SMARTS) is 2. The zero-order valence-electron chi connectivity index (χ0n) is 13.0. The minimum absolute atomic E-state index is 0.833. The van der Waals surface area contributed by atoms with Gasteiger partial charge in [0.1, 0.15) is 0 Å². The summed E-state index contributed by atoms with van der Waals surface area (Å²) >= 11 is 0. The maximum atomic E-state index is 9.25. The maximum Gasteiger partial charge on any atom is 0.327 e. The molecule has 4 nitrogen and oxygen atoms in total. The van der Waals surface area contributed by atoms with Gasteiger partial charge in [0.15, 0.2) is 0 Å². The van der Waals surface area contributed by atoms with Gasteiger partial charge in [-0.25, -0.2) is 9.59 Å². The topological polar surface area (TPSA) is 74.6 Å². The standard InChI is InChI=1S/C13H12.2C3H4O2/c1-11-7-5-6-10-13(11)12-8-3-2-4-9-12;2*1-2-3(4)5/h2-10H,1H3;2*2H,1H2,(H,4,5). The van der Waals surface area contributed by atoms with Crippen molar-refractivity contribution in [2.24, 2.45) is 0 Å². The molecule has 0 radical (unpaired) electrons. The molecule has 2 aromatic carbocycles. The second-order valence-electron chi connectivity index (χ2n) is 4.27. The molecule has 0 amide bonds. The molecule has 0 heterocycles. The van der Waals surface area contributed by atoms with Crippen LogP contribution < -0.4 is 0 Å². The summed E-state index contributed by atoms with van der Waals surface area (Å²) in [6.07, 6.45) is 1.67. The largest absolute Gasteiger partial charge is 0.478 e. The van der Waals surface area contributed by atoms with Crippen molar-refractivity contribution in [2.45, 2.75) is 6.92 Å². The highest BCUT2D eigenvalue weighted by atomic mass is 16.4. The van der Waals surface area contributed by atoms with Crippen LogP contribution in [0.15, 0.2) is 79.9 Å². The highest BCUT2D eigenvalue weighted by molar-refractivity contribution is 5.79. The van der Waals surface area contributed by atoms with Crippen molar-refractivity contribution in [1.82, 2.24) is 0 Å². The third-order valence-electron chi connectivity index (χ3n) is 2.58. The first-order chi connectivity index (χ1) is 10.9. The molecule has 0 saturated heterocycles. The molecule has 4 heteroatoms. The molecule has 0 aromatic heterocycles. The van der Waals surface area contributed by atoms with E-state index in [2.05, 4.69) is 68.6 Å². The Balaban J connectivity index is 0.000000406. The maximum absolute atomic E-state index is 9.25. The first-order valence-electron chi connectivity index (χ1n) is 6.74. The van der Waals surface area contributed by atoms with Gasteiger partial charge in [0.25, 0.3) is 0 Å². The summed E-state index contributed by atoms with van der Waals surface area (Å²) in [4.78, 5) is 18.5. The lowest BCUT2D eigenvalue weighted by atomic mass is 10.0. The molecular weight excluding hydrogens is 292 g/mol. The van der Waals surface area contributed by atoms with Crippen molar-refractivity contribution in [3.8, 4) is 11.1 Å². The van der Waals surface area contributed by atoms with Crippen LogP contribution in [0.5, 0.6) is 0 Å². The molecule has 0 atom stereocenters. The third-order valence-corrected chi connectivity index (χ3v) is 2.58. The first kappa shape index (κ1) is 19.9. The van der Waals surface area contributed by atoms with E-state index in [1.165, 1.54) is 16.7 Å². The van der Waals surface area contributed by atoms with Crippen LogP contribution in [-0.4, -0.2) is 22.2 Å². The predicted molar refractivity (Wildman–Crippen MR) is 92.3 cm³/mol. The summed E-state index contributed by atoms with van der Waals surface area (Å²) in [5.41, 5.74) is 3.94. The molecule has 0 aliphatic rings. The van der Waals surface area contributed by atoms with E-state index >= 15 is 0 Å². The molecule has 0 saturated carbocycles. The van der Waals surface area contributed by atoms with Crippen molar-refractivity contribution in [3.05, 3.63) is 85.5 Å². The number of aliphatic carboxylic acids is 2. The summed E-state index contributed by atoms with van der Waals surface area (Å²) in [7, 11) is 0. The molecule has 120 valence electrons. The molecule has 23 heavy (non-hydrogen) atoms. The highest BCUT2D eigenvalue weighted by Crippen LogP contribution is 2.21. The van der Waals surface area contributed by atoms with E-state index in [-0.39, 0.29) is 0 Å². The number of aryl methyl sites for hydroxylation is 1. The Bertz CT molecular complexity index is 627. The average Bonchev–Trinajstić information content (AvgIpc) is 2.57. The number of carboxylic acids is 2. The zero-order valence-corrected chi connectivity index (χ0v) is 13.0. The molecule has 0 spiro atoms. The van der Waals surface area contributed by atoms with Gasteiger partial charge < -0.3 is 10.2 Å². The quantitative estimate of drug-likeness (QED) is 0.834. The number of carbonyl (C=O) groups is 2. The normalized spacial score (nSPS) is 8.39. The van der Waals surface area contributed by atoms with Crippen LogP contribution in [-0.2, 0) is 9.59 Å². The van der Waals surface area contributed by atoms with E-state index in [4.69, 9.17) is 10.2 Å². The minimum atomic E-state index is -0.981. The van der Waals surface area contributed by atoms with Crippen LogP contribution >= 0.6 is 0 Å². The van der Waals surface area contributed by atoms with E-state index in [9.17, 15) is 9.59 Å². The van der Waals surface area contributed by atoms with Crippen molar-refractivity contribution in [1.29, 1.82) is 0 Å². The van der Waals surface area contributed by atoms with Gasteiger partial charge in [0, 0.05) is 12.2 Å². The van der Waals surface area contributed by atoms with Crippen LogP contribution in [0.2, 0.25) is 0 Å². The fraction of sp³-hybridized carbons (Fsp3) is 0.0526. The molecule has 2 aromatic rings. The summed E-state index contributed by atoms with van der Waals surface area (Å²) in [5.74, 6) is -1.96. The second kappa shape index (κ2) is 11.5. The zero-order chi connectivity index (χ0) is 17.7. The van der Waals surface area contributed by atoms with Crippen molar-refractivity contribution in [2.75, 3.05) is 0 Å². The lowest BCUT2D eigenvalue weighted by Gasteiger charge is -2.04. The van der Waals surface area contributed by atoms with E-state index in [0.717, 1.165) is 12.2 Å². The lowest BCUT2D eigenvalue weighted by molar-refractivity contribution is -0.132. The van der Waals surface area contributed by atoms with Crippen molar-refractivity contribution >= 4 is 11.9 Å². The van der Waals surface area contributed by atoms with Crippen LogP contribution in [0.1, 0.15) is 5.56 Å². The van der Waals surface area contributed by atoms with E-state index in [1.807, 2.05) is 6.07 Å². The number of hydrogen-bond acceptors (Lipinski definition) is 2. The predicted octanol–water partition coefficient (Wildman–Crippen LogP) is 4.18. The van der Waals surface area contributed by atoms with E-state index in [0.29, 0.717) is 0 Å². The smallest absolute Gasteiger partial charge is 0.327 e. The Hall–Kier alpha value is -3.14. The molecular formula is C19H20O4. The fourth-order valence-electron chi connectivity index (χ4n) is 1.51. The van der Waals surface area contributed by atoms with Crippen LogP contribution in [0, 0.1) is 6.92 Å². The molecule has 0 bridgehead atoms. The summed E-state index contributed by atoms with van der Waals surface area (Å²) in [6, 6.07) is 18.9. The summed E-state index contributed by atoms with van der Waals surface area (Å²) in [6.45, 7) is 8.06. The van der Waals surface area contributed by atoms with Gasteiger partial charge >= 0.3 is 11.9 Å². The highest BCUT2D eigenvalue weighted by Gasteiger charge is 1.97. The van der Waals surface area contributed by atoms with Gasteiger partial charge in [-0.1, -0.05) is 67.8 Å². The van der Waals surface area contributed by atoms with Gasteiger partial charge in [-0.3, -0.25) is 0 Å². The van der Waals surface area contributed by atoms with Crippen LogP contribution in [0.4, 0.5) is 0 Å². The van der Waals surface area contributed by atoms with E-state index in [1.54, 1.807) is 0 Å². The van der Waals surface area contributed by atoms with Crippen molar-refractivity contribution < 1.29 is 19.8 Å². The van der Waals surface area contributed by atoms with Gasteiger partial charge in [-0.15, -0.1) is 0 Å². The van der Waals surface area contributed by atoms with Gasteiger partial charge in [0.05, 0.1) is 0 Å². The average molecular weight is 312 g/mol. The molecule has 0 fully saturated rings. The summed E-state index contributed by atoms with van der Waals surface area (Å²) in [5, 5.41) is 15.2. The fourth-order valence-corrected chi connectivity index (χ4v) is 1.51. The monoisotopic (exact) mass is 312 g/mol. The Kier molecular flexibility index (Phi) is 9.94. The second-order valence-corrected chi connectivity index (χ2v) is 4.27. The molecule has 0 aliphatic carbocycles. The molecule has 2 N–H and O–H groups in total. The minimum Gasteiger partial charge on any atom is -0.478 e. The first-order valence-corrected chi connectivity index (χ1v) is 6.74. The molecule has 2 rings (SSSR count). The Morgan fingerprint density at radius 3 is 1.61 bits per heavy atom. The van der Waals surface area contributed by atoms with Crippen molar-refractivity contribution in [3.63, 3.8) is 0 Å². The Morgan fingerprint density at radius 1 is 0.826 bits per heavy atom. The van der Waals surface area contributed by atoms with E-state index < -0.39 is 11.9 Å². The van der Waals surface area contributed by atoms with Crippen LogP contribution in [0.25, 0.3) is 11.1 Å². The van der Waals surface area contributed by atoms with Gasteiger partial charge in [0.2, 0.25) is 0 Å². The van der Waals surface area contributed by atoms with Gasteiger partial charge in [-0.05, 0) is 23.6 Å². The summed E-state index contributed by atoms with van der Waals surface area (Å²) < 4.78 is 0. The Morgan fingerprint density at radius 2 is 1.22 bits per heavy atom.